The first-order valence-corrected chi connectivity index (χ1v) is 15.3. The third-order valence-electron chi connectivity index (χ3n) is 8.01. The highest BCUT2D eigenvalue weighted by Gasteiger charge is 2.14. The Labute approximate surface area is 263 Å². The fourth-order valence-electron chi connectivity index (χ4n) is 5.68. The molecule has 0 aliphatic rings. The number of hydrogen-bond acceptors (Lipinski definition) is 3. The third kappa shape index (κ3) is 5.00. The molecule has 0 amide bonds. The van der Waals surface area contributed by atoms with Crippen LogP contribution in [0.2, 0.25) is 0 Å². The summed E-state index contributed by atoms with van der Waals surface area (Å²) in [5.41, 5.74) is 11.2. The molecule has 0 radical (unpaired) electrons. The third-order valence-corrected chi connectivity index (χ3v) is 8.54. The van der Waals surface area contributed by atoms with E-state index in [-0.39, 0.29) is 0 Å². The zero-order valence-corrected chi connectivity index (χ0v) is 25.2. The molecule has 8 aromatic rings. The van der Waals surface area contributed by atoms with Crippen molar-refractivity contribution in [3.63, 3.8) is 0 Å². The summed E-state index contributed by atoms with van der Waals surface area (Å²) in [5, 5.41) is 2.20. The predicted octanol–water partition coefficient (Wildman–Crippen LogP) is 11.5. The maximum absolute atomic E-state index is 6.18. The Hall–Kier alpha value is -5.32. The van der Waals surface area contributed by atoms with Gasteiger partial charge < -0.3 is 4.42 Å². The summed E-state index contributed by atoms with van der Waals surface area (Å²) in [6, 6.07) is 52.4. The van der Waals surface area contributed by atoms with Gasteiger partial charge >= 0.3 is 0 Å². The van der Waals surface area contributed by atoms with Gasteiger partial charge in [0.2, 0.25) is 0 Å². The van der Waals surface area contributed by atoms with Gasteiger partial charge in [0.15, 0.2) is 5.82 Å². The van der Waals surface area contributed by atoms with Crippen molar-refractivity contribution < 1.29 is 4.42 Å². The molecule has 0 aliphatic carbocycles. The van der Waals surface area contributed by atoms with Crippen LogP contribution in [0.25, 0.3) is 78.1 Å². The fourth-order valence-corrected chi connectivity index (χ4v) is 5.94. The number of aromatic nitrogens is 2. The number of furan rings is 1. The highest BCUT2D eigenvalue weighted by molar-refractivity contribution is 9.10. The van der Waals surface area contributed by atoms with Crippen LogP contribution in [0, 0.1) is 0 Å². The lowest BCUT2D eigenvalue weighted by Crippen LogP contribution is -1.96. The van der Waals surface area contributed by atoms with E-state index >= 15 is 0 Å². The molecule has 0 atom stereocenters. The standard InChI is InChI=1S/C40H25BrN2O/c41-33-21-18-29(19-22-33)27-12-10-26(11-13-27)28-14-16-31(17-15-28)37-25-36(30-6-2-1-3-7-30)42-40(43-37)32-20-23-35-34-8-4-5-9-38(34)44-39(35)24-32/h1-25H. The number of rotatable bonds is 5. The highest BCUT2D eigenvalue weighted by atomic mass is 79.9. The van der Waals surface area contributed by atoms with Crippen LogP contribution in [0.15, 0.2) is 161 Å². The number of para-hydroxylation sites is 1. The van der Waals surface area contributed by atoms with Crippen LogP contribution in [-0.2, 0) is 0 Å². The SMILES string of the molecule is Brc1ccc(-c2ccc(-c3ccc(-c4cc(-c5ccccc5)nc(-c5ccc6c(c5)oc5ccccc56)n4)cc3)cc2)cc1. The molecule has 8 rings (SSSR count). The van der Waals surface area contributed by atoms with Crippen molar-refractivity contribution in [2.45, 2.75) is 0 Å². The molecule has 0 saturated carbocycles. The van der Waals surface area contributed by atoms with E-state index < -0.39 is 0 Å². The normalized spacial score (nSPS) is 11.3. The van der Waals surface area contributed by atoms with Gasteiger partial charge in [-0.05, 0) is 58.7 Å². The molecular formula is C40H25BrN2O. The van der Waals surface area contributed by atoms with Crippen LogP contribution >= 0.6 is 15.9 Å². The van der Waals surface area contributed by atoms with Crippen LogP contribution in [-0.4, -0.2) is 9.97 Å². The van der Waals surface area contributed by atoms with Crippen molar-refractivity contribution in [1.29, 1.82) is 0 Å². The minimum absolute atomic E-state index is 0.663. The lowest BCUT2D eigenvalue weighted by Gasteiger charge is -2.10. The van der Waals surface area contributed by atoms with Gasteiger partial charge in [-0.25, -0.2) is 9.97 Å². The maximum atomic E-state index is 6.18. The van der Waals surface area contributed by atoms with Crippen molar-refractivity contribution in [3.8, 4) is 56.2 Å². The number of halogens is 1. The molecule has 4 heteroatoms. The molecule has 0 bridgehead atoms. The maximum Gasteiger partial charge on any atom is 0.160 e. The zero-order chi connectivity index (χ0) is 29.5. The minimum Gasteiger partial charge on any atom is -0.456 e. The monoisotopic (exact) mass is 628 g/mol. The molecule has 0 fully saturated rings. The summed E-state index contributed by atoms with van der Waals surface area (Å²) in [4.78, 5) is 10.1. The van der Waals surface area contributed by atoms with Crippen molar-refractivity contribution in [1.82, 2.24) is 9.97 Å². The Morgan fingerprint density at radius 1 is 0.386 bits per heavy atom. The Kier molecular flexibility index (Phi) is 6.62. The number of benzene rings is 6. The Morgan fingerprint density at radius 3 is 1.50 bits per heavy atom. The molecule has 3 nitrogen and oxygen atoms in total. The van der Waals surface area contributed by atoms with E-state index in [1.807, 2.05) is 42.5 Å². The van der Waals surface area contributed by atoms with E-state index in [0.29, 0.717) is 5.82 Å². The summed E-state index contributed by atoms with van der Waals surface area (Å²) in [6.45, 7) is 0. The Morgan fingerprint density at radius 2 is 0.864 bits per heavy atom. The number of nitrogens with zero attached hydrogens (tertiary/aromatic N) is 2. The summed E-state index contributed by atoms with van der Waals surface area (Å²) in [6.07, 6.45) is 0. The summed E-state index contributed by atoms with van der Waals surface area (Å²) in [7, 11) is 0. The second kappa shape index (κ2) is 11.1. The summed E-state index contributed by atoms with van der Waals surface area (Å²) < 4.78 is 7.26. The molecule has 0 N–H and O–H groups in total. The van der Waals surface area contributed by atoms with Crippen molar-refractivity contribution >= 4 is 37.9 Å². The van der Waals surface area contributed by atoms with E-state index in [2.05, 4.69) is 125 Å². The van der Waals surface area contributed by atoms with Crippen LogP contribution in [0.5, 0.6) is 0 Å². The Bertz CT molecular complexity index is 2250. The quantitative estimate of drug-likeness (QED) is 0.190. The van der Waals surface area contributed by atoms with E-state index in [9.17, 15) is 0 Å². The second-order valence-electron chi connectivity index (χ2n) is 10.8. The van der Waals surface area contributed by atoms with Crippen molar-refractivity contribution in [2.75, 3.05) is 0 Å². The van der Waals surface area contributed by atoms with Crippen LogP contribution < -0.4 is 0 Å². The van der Waals surface area contributed by atoms with Crippen LogP contribution in [0.4, 0.5) is 0 Å². The first-order valence-electron chi connectivity index (χ1n) is 14.5. The van der Waals surface area contributed by atoms with Gasteiger partial charge in [-0.3, -0.25) is 0 Å². The average Bonchev–Trinajstić information content (AvgIpc) is 3.47. The van der Waals surface area contributed by atoms with Crippen molar-refractivity contribution in [3.05, 3.63) is 156 Å². The average molecular weight is 630 g/mol. The molecule has 0 saturated heterocycles. The van der Waals surface area contributed by atoms with Gasteiger partial charge in [0.1, 0.15) is 11.2 Å². The minimum atomic E-state index is 0.663. The predicted molar refractivity (Wildman–Crippen MR) is 184 cm³/mol. The van der Waals surface area contributed by atoms with Gasteiger partial charge in [-0.15, -0.1) is 0 Å². The van der Waals surface area contributed by atoms with Gasteiger partial charge in [0.25, 0.3) is 0 Å². The van der Waals surface area contributed by atoms with Gasteiger partial charge in [-0.2, -0.15) is 0 Å². The fraction of sp³-hybridized carbons (Fsp3) is 0. The molecule has 2 aromatic heterocycles. The van der Waals surface area contributed by atoms with Gasteiger partial charge in [-0.1, -0.05) is 131 Å². The van der Waals surface area contributed by atoms with Crippen LogP contribution in [0.1, 0.15) is 0 Å². The first kappa shape index (κ1) is 26.3. The summed E-state index contributed by atoms with van der Waals surface area (Å²) in [5.74, 6) is 0.663. The molecule has 0 unspecified atom stereocenters. The molecule has 0 aliphatic heterocycles. The number of hydrogen-bond donors (Lipinski definition) is 0. The van der Waals surface area contributed by atoms with E-state index in [1.54, 1.807) is 0 Å². The molecule has 208 valence electrons. The lowest BCUT2D eigenvalue weighted by atomic mass is 9.99. The molecular weight excluding hydrogens is 604 g/mol. The van der Waals surface area contributed by atoms with E-state index in [4.69, 9.17) is 14.4 Å². The molecule has 0 spiro atoms. The molecule has 2 heterocycles. The smallest absolute Gasteiger partial charge is 0.160 e. The number of fused-ring (bicyclic) bond motifs is 3. The second-order valence-corrected chi connectivity index (χ2v) is 11.7. The lowest BCUT2D eigenvalue weighted by molar-refractivity contribution is 0.669. The molecule has 44 heavy (non-hydrogen) atoms. The zero-order valence-electron chi connectivity index (χ0n) is 23.6. The van der Waals surface area contributed by atoms with Gasteiger partial charge in [0.05, 0.1) is 11.4 Å². The highest BCUT2D eigenvalue weighted by Crippen LogP contribution is 2.34. The largest absolute Gasteiger partial charge is 0.456 e. The van der Waals surface area contributed by atoms with Crippen LogP contribution in [0.3, 0.4) is 0 Å². The Balaban J connectivity index is 1.16. The molecule has 6 aromatic carbocycles. The topological polar surface area (TPSA) is 38.9 Å². The van der Waals surface area contributed by atoms with Crippen molar-refractivity contribution in [2.24, 2.45) is 0 Å². The first-order chi connectivity index (χ1) is 21.7. The van der Waals surface area contributed by atoms with E-state index in [1.165, 1.54) is 16.7 Å². The van der Waals surface area contributed by atoms with Gasteiger partial charge in [0, 0.05) is 31.9 Å². The van der Waals surface area contributed by atoms with E-state index in [0.717, 1.165) is 60.1 Å². The summed E-state index contributed by atoms with van der Waals surface area (Å²) >= 11 is 3.52.